The van der Waals surface area contributed by atoms with Crippen LogP contribution in [0.4, 0.5) is 0 Å². The SMILES string of the molecule is CNCC(C)CN(C)CCCSC. The summed E-state index contributed by atoms with van der Waals surface area (Å²) < 4.78 is 0. The van der Waals surface area contributed by atoms with Gasteiger partial charge in [-0.05, 0) is 51.5 Å². The van der Waals surface area contributed by atoms with Crippen LogP contribution in [0.15, 0.2) is 0 Å². The summed E-state index contributed by atoms with van der Waals surface area (Å²) in [6.45, 7) is 5.85. The van der Waals surface area contributed by atoms with E-state index in [0.717, 1.165) is 12.5 Å². The summed E-state index contributed by atoms with van der Waals surface area (Å²) in [5, 5.41) is 3.21. The molecule has 1 N–H and O–H groups in total. The Kier molecular flexibility index (Phi) is 9.03. The quantitative estimate of drug-likeness (QED) is 0.604. The largest absolute Gasteiger partial charge is 0.319 e. The first-order chi connectivity index (χ1) is 6.20. The molecule has 0 saturated carbocycles. The van der Waals surface area contributed by atoms with Gasteiger partial charge >= 0.3 is 0 Å². The van der Waals surface area contributed by atoms with Crippen LogP contribution in [0.3, 0.4) is 0 Å². The molecule has 0 aromatic rings. The summed E-state index contributed by atoms with van der Waals surface area (Å²) in [5.41, 5.74) is 0. The average Bonchev–Trinajstić information content (AvgIpc) is 2.05. The second kappa shape index (κ2) is 8.85. The van der Waals surface area contributed by atoms with Crippen molar-refractivity contribution in [3.63, 3.8) is 0 Å². The van der Waals surface area contributed by atoms with Crippen LogP contribution in [-0.4, -0.2) is 50.6 Å². The van der Waals surface area contributed by atoms with Crippen molar-refractivity contribution >= 4 is 11.8 Å². The van der Waals surface area contributed by atoms with Crippen LogP contribution in [0.5, 0.6) is 0 Å². The van der Waals surface area contributed by atoms with E-state index in [1.807, 2.05) is 18.8 Å². The maximum Gasteiger partial charge on any atom is 0.00161 e. The minimum Gasteiger partial charge on any atom is -0.319 e. The maximum atomic E-state index is 3.21. The van der Waals surface area contributed by atoms with Crippen LogP contribution in [-0.2, 0) is 0 Å². The van der Waals surface area contributed by atoms with Gasteiger partial charge in [0.15, 0.2) is 0 Å². The average molecular weight is 204 g/mol. The smallest absolute Gasteiger partial charge is 0.00161 e. The maximum absolute atomic E-state index is 3.21. The molecule has 0 aromatic heterocycles. The summed E-state index contributed by atoms with van der Waals surface area (Å²) in [5.74, 6) is 2.04. The lowest BCUT2D eigenvalue weighted by molar-refractivity contribution is 0.284. The van der Waals surface area contributed by atoms with Gasteiger partial charge in [-0.3, -0.25) is 0 Å². The van der Waals surface area contributed by atoms with E-state index in [4.69, 9.17) is 0 Å². The Morgan fingerprint density at radius 1 is 1.46 bits per heavy atom. The molecule has 0 saturated heterocycles. The van der Waals surface area contributed by atoms with Crippen molar-refractivity contribution in [3.05, 3.63) is 0 Å². The molecule has 3 heteroatoms. The number of hydrogen-bond donors (Lipinski definition) is 1. The molecule has 0 heterocycles. The Balaban J connectivity index is 3.32. The number of rotatable bonds is 8. The summed E-state index contributed by atoms with van der Waals surface area (Å²) >= 11 is 1.93. The normalized spacial score (nSPS) is 13.6. The zero-order valence-corrected chi connectivity index (χ0v) is 10.3. The van der Waals surface area contributed by atoms with Crippen molar-refractivity contribution in [2.24, 2.45) is 5.92 Å². The van der Waals surface area contributed by atoms with Crippen molar-refractivity contribution in [1.29, 1.82) is 0 Å². The lowest BCUT2D eigenvalue weighted by atomic mass is 10.1. The Bertz CT molecular complexity index is 109. The number of nitrogens with zero attached hydrogens (tertiary/aromatic N) is 1. The third kappa shape index (κ3) is 8.60. The number of thioether (sulfide) groups is 1. The van der Waals surface area contributed by atoms with Crippen LogP contribution >= 0.6 is 11.8 Å². The highest BCUT2D eigenvalue weighted by Crippen LogP contribution is 2.00. The molecule has 0 aliphatic heterocycles. The molecular weight excluding hydrogens is 180 g/mol. The first-order valence-electron chi connectivity index (χ1n) is 5.02. The minimum absolute atomic E-state index is 0.754. The first-order valence-corrected chi connectivity index (χ1v) is 6.42. The molecule has 0 rings (SSSR count). The topological polar surface area (TPSA) is 15.3 Å². The lowest BCUT2D eigenvalue weighted by Gasteiger charge is -2.20. The molecule has 13 heavy (non-hydrogen) atoms. The summed E-state index contributed by atoms with van der Waals surface area (Å²) in [7, 11) is 4.23. The zero-order chi connectivity index (χ0) is 10.1. The Morgan fingerprint density at radius 2 is 2.15 bits per heavy atom. The Hall–Kier alpha value is 0.270. The molecular formula is C10H24N2S. The molecule has 1 atom stereocenters. The minimum atomic E-state index is 0.754. The molecule has 0 spiro atoms. The van der Waals surface area contributed by atoms with Gasteiger partial charge in [-0.2, -0.15) is 11.8 Å². The van der Waals surface area contributed by atoms with Gasteiger partial charge in [0.25, 0.3) is 0 Å². The predicted octanol–water partition coefficient (Wildman–Crippen LogP) is 1.53. The molecule has 0 aromatic carbocycles. The highest BCUT2D eigenvalue weighted by molar-refractivity contribution is 7.98. The lowest BCUT2D eigenvalue weighted by Crippen LogP contribution is -2.30. The van der Waals surface area contributed by atoms with Gasteiger partial charge in [-0.15, -0.1) is 0 Å². The monoisotopic (exact) mass is 204 g/mol. The van der Waals surface area contributed by atoms with Gasteiger partial charge in [0.2, 0.25) is 0 Å². The van der Waals surface area contributed by atoms with Crippen LogP contribution in [0.25, 0.3) is 0 Å². The van der Waals surface area contributed by atoms with Crippen LogP contribution in [0.2, 0.25) is 0 Å². The van der Waals surface area contributed by atoms with Gasteiger partial charge in [-0.25, -0.2) is 0 Å². The van der Waals surface area contributed by atoms with Gasteiger partial charge < -0.3 is 10.2 Å². The summed E-state index contributed by atoms with van der Waals surface area (Å²) in [6.07, 6.45) is 3.48. The highest BCUT2D eigenvalue weighted by Gasteiger charge is 2.04. The molecule has 2 nitrogen and oxygen atoms in total. The molecule has 0 aliphatic carbocycles. The Labute approximate surface area is 87.5 Å². The Morgan fingerprint density at radius 3 is 2.69 bits per heavy atom. The third-order valence-corrected chi connectivity index (χ3v) is 2.76. The van der Waals surface area contributed by atoms with Crippen LogP contribution in [0, 0.1) is 5.92 Å². The molecule has 0 bridgehead atoms. The second-order valence-electron chi connectivity index (χ2n) is 3.77. The second-order valence-corrected chi connectivity index (χ2v) is 4.76. The van der Waals surface area contributed by atoms with E-state index in [1.54, 1.807) is 0 Å². The first kappa shape index (κ1) is 13.3. The standard InChI is InChI=1S/C10H24N2S/c1-10(8-11-2)9-12(3)6-5-7-13-4/h10-11H,5-9H2,1-4H3. The molecule has 0 radical (unpaired) electrons. The van der Waals surface area contributed by atoms with Gasteiger partial charge in [0.1, 0.15) is 0 Å². The van der Waals surface area contributed by atoms with Gasteiger partial charge in [0.05, 0.1) is 0 Å². The van der Waals surface area contributed by atoms with E-state index in [9.17, 15) is 0 Å². The van der Waals surface area contributed by atoms with Crippen molar-refractivity contribution in [2.75, 3.05) is 45.7 Å². The van der Waals surface area contributed by atoms with Gasteiger partial charge in [0, 0.05) is 6.54 Å². The van der Waals surface area contributed by atoms with E-state index in [1.165, 1.54) is 25.3 Å². The van der Waals surface area contributed by atoms with Crippen LogP contribution in [0.1, 0.15) is 13.3 Å². The summed E-state index contributed by atoms with van der Waals surface area (Å²) in [6, 6.07) is 0. The van der Waals surface area contributed by atoms with Crippen molar-refractivity contribution in [3.8, 4) is 0 Å². The summed E-state index contributed by atoms with van der Waals surface area (Å²) in [4.78, 5) is 2.43. The molecule has 0 aliphatic rings. The molecule has 1 unspecified atom stereocenters. The van der Waals surface area contributed by atoms with Crippen LogP contribution < -0.4 is 5.32 Å². The van der Waals surface area contributed by atoms with Crippen molar-refractivity contribution < 1.29 is 0 Å². The number of hydrogen-bond acceptors (Lipinski definition) is 3. The van der Waals surface area contributed by atoms with E-state index < -0.39 is 0 Å². The molecule has 80 valence electrons. The van der Waals surface area contributed by atoms with E-state index >= 15 is 0 Å². The highest BCUT2D eigenvalue weighted by atomic mass is 32.2. The fraction of sp³-hybridized carbons (Fsp3) is 1.00. The zero-order valence-electron chi connectivity index (χ0n) is 9.47. The fourth-order valence-corrected chi connectivity index (χ4v) is 1.93. The molecule has 0 amide bonds. The van der Waals surface area contributed by atoms with Crippen molar-refractivity contribution in [2.45, 2.75) is 13.3 Å². The van der Waals surface area contributed by atoms with Gasteiger partial charge in [-0.1, -0.05) is 6.92 Å². The molecule has 0 fully saturated rings. The van der Waals surface area contributed by atoms with Crippen molar-refractivity contribution in [1.82, 2.24) is 10.2 Å². The van der Waals surface area contributed by atoms with E-state index in [0.29, 0.717) is 0 Å². The van der Waals surface area contributed by atoms with E-state index in [-0.39, 0.29) is 0 Å². The fourth-order valence-electron chi connectivity index (χ4n) is 1.52. The number of nitrogens with one attached hydrogen (secondary N) is 1. The third-order valence-electron chi connectivity index (χ3n) is 2.06. The van der Waals surface area contributed by atoms with E-state index in [2.05, 4.69) is 30.4 Å². The predicted molar refractivity (Wildman–Crippen MR) is 63.6 cm³/mol.